The molecule has 2 aromatic carbocycles. The molecule has 2 aromatic heterocycles. The van der Waals surface area contributed by atoms with Crippen LogP contribution in [-0.4, -0.2) is 34.8 Å². The van der Waals surface area contributed by atoms with Crippen molar-refractivity contribution in [2.24, 2.45) is 0 Å². The molecule has 0 aliphatic carbocycles. The van der Waals surface area contributed by atoms with Gasteiger partial charge in [-0.25, -0.2) is 0 Å². The van der Waals surface area contributed by atoms with Crippen LogP contribution in [0.5, 0.6) is 11.5 Å². The Kier molecular flexibility index (Phi) is 6.72. The molecule has 1 amide bonds. The summed E-state index contributed by atoms with van der Waals surface area (Å²) in [5.74, 6) is 1.12. The predicted molar refractivity (Wildman–Crippen MR) is 127 cm³/mol. The van der Waals surface area contributed by atoms with Gasteiger partial charge in [-0.3, -0.25) is 9.59 Å². The van der Waals surface area contributed by atoms with Gasteiger partial charge in [0.2, 0.25) is 11.7 Å². The molecule has 2 heterocycles. The molecule has 0 saturated carbocycles. The summed E-state index contributed by atoms with van der Waals surface area (Å²) < 4.78 is 17.2. The lowest BCUT2D eigenvalue weighted by Gasteiger charge is -2.09. The van der Waals surface area contributed by atoms with Crippen molar-refractivity contribution in [3.8, 4) is 34.3 Å². The summed E-state index contributed by atoms with van der Waals surface area (Å²) >= 11 is 0. The molecule has 4 rings (SSSR count). The largest absolute Gasteiger partial charge is 0.493 e. The highest BCUT2D eigenvalue weighted by Crippen LogP contribution is 2.31. The molecule has 0 aliphatic rings. The molecule has 1 N–H and O–H groups in total. The van der Waals surface area contributed by atoms with Crippen molar-refractivity contribution in [3.63, 3.8) is 0 Å². The topological polar surface area (TPSA) is 108 Å². The summed E-state index contributed by atoms with van der Waals surface area (Å²) in [5, 5.41) is 6.81. The Morgan fingerprint density at radius 1 is 1.06 bits per heavy atom. The number of carbonyl (C=O) groups excluding carboxylic acids is 1. The van der Waals surface area contributed by atoms with Crippen LogP contribution in [-0.2, 0) is 17.8 Å². The smallest absolute Gasteiger partial charge is 0.263 e. The molecular formula is C25H24N4O5. The predicted octanol–water partition coefficient (Wildman–Crippen LogP) is 3.78. The average Bonchev–Trinajstić information content (AvgIpc) is 3.35. The van der Waals surface area contributed by atoms with Crippen molar-refractivity contribution >= 4 is 11.6 Å². The van der Waals surface area contributed by atoms with E-state index in [1.54, 1.807) is 43.6 Å². The van der Waals surface area contributed by atoms with Crippen LogP contribution in [0, 0.1) is 0 Å². The van der Waals surface area contributed by atoms with E-state index in [9.17, 15) is 9.59 Å². The Morgan fingerprint density at radius 3 is 2.65 bits per heavy atom. The van der Waals surface area contributed by atoms with Crippen molar-refractivity contribution in [1.29, 1.82) is 0 Å². The minimum atomic E-state index is -0.414. The van der Waals surface area contributed by atoms with Crippen LogP contribution in [0.4, 0.5) is 5.69 Å². The Balaban J connectivity index is 1.55. The van der Waals surface area contributed by atoms with Gasteiger partial charge in [0.15, 0.2) is 11.5 Å². The average molecular weight is 460 g/mol. The number of nitrogens with one attached hydrogen (secondary N) is 1. The number of benzene rings is 2. The molecule has 0 saturated heterocycles. The number of rotatable bonds is 8. The highest BCUT2D eigenvalue weighted by Gasteiger charge is 2.17. The summed E-state index contributed by atoms with van der Waals surface area (Å²) in [6.45, 7) is 1.89. The van der Waals surface area contributed by atoms with Gasteiger partial charge in [-0.1, -0.05) is 24.2 Å². The zero-order valence-electron chi connectivity index (χ0n) is 19.1. The quantitative estimate of drug-likeness (QED) is 0.426. The second-order valence-electron chi connectivity index (χ2n) is 7.45. The molecule has 9 nitrogen and oxygen atoms in total. The van der Waals surface area contributed by atoms with Gasteiger partial charge in [0.1, 0.15) is 12.1 Å². The molecule has 9 heteroatoms. The highest BCUT2D eigenvalue weighted by atomic mass is 16.5. The third-order valence-electron chi connectivity index (χ3n) is 5.25. The second kappa shape index (κ2) is 10.0. The number of methoxy groups -OCH3 is 2. The maximum absolute atomic E-state index is 13.0. The number of hydrogen-bond donors (Lipinski definition) is 1. The van der Waals surface area contributed by atoms with Crippen LogP contribution >= 0.6 is 0 Å². The van der Waals surface area contributed by atoms with E-state index in [0.717, 1.165) is 12.0 Å². The zero-order valence-corrected chi connectivity index (χ0v) is 19.1. The van der Waals surface area contributed by atoms with Gasteiger partial charge in [-0.15, -0.1) is 0 Å². The highest BCUT2D eigenvalue weighted by molar-refractivity contribution is 5.90. The lowest BCUT2D eigenvalue weighted by atomic mass is 10.1. The number of hydrogen-bond acceptors (Lipinski definition) is 7. The van der Waals surface area contributed by atoms with Gasteiger partial charge >= 0.3 is 0 Å². The van der Waals surface area contributed by atoms with E-state index in [0.29, 0.717) is 28.6 Å². The van der Waals surface area contributed by atoms with Gasteiger partial charge in [0.25, 0.3) is 11.4 Å². The van der Waals surface area contributed by atoms with Gasteiger partial charge in [-0.2, -0.15) is 4.98 Å². The Labute approximate surface area is 196 Å². The zero-order chi connectivity index (χ0) is 24.1. The van der Waals surface area contributed by atoms with Gasteiger partial charge in [0, 0.05) is 17.4 Å². The number of aryl methyl sites for hydroxylation is 1. The molecular weight excluding hydrogens is 436 g/mol. The first-order valence-electron chi connectivity index (χ1n) is 10.7. The summed E-state index contributed by atoms with van der Waals surface area (Å²) in [6.07, 6.45) is 2.40. The van der Waals surface area contributed by atoms with Crippen LogP contribution < -0.4 is 20.3 Å². The molecule has 174 valence electrons. The number of nitrogens with zero attached hydrogens (tertiary/aromatic N) is 3. The summed E-state index contributed by atoms with van der Waals surface area (Å²) in [7, 11) is 3.08. The molecule has 0 unspecified atom stereocenters. The first-order chi connectivity index (χ1) is 16.5. The molecule has 0 bridgehead atoms. The molecule has 4 aromatic rings. The third-order valence-corrected chi connectivity index (χ3v) is 5.25. The van der Waals surface area contributed by atoms with E-state index in [4.69, 9.17) is 14.0 Å². The number of carbonyl (C=O) groups is 1. The normalized spacial score (nSPS) is 10.7. The number of amides is 1. The fourth-order valence-corrected chi connectivity index (χ4v) is 3.47. The molecule has 34 heavy (non-hydrogen) atoms. The monoisotopic (exact) mass is 460 g/mol. The van der Waals surface area contributed by atoms with E-state index in [1.165, 1.54) is 11.7 Å². The van der Waals surface area contributed by atoms with Crippen LogP contribution in [0.1, 0.15) is 12.5 Å². The standard InChI is InChI=1S/C25H24N4O5/c1-4-16-7-5-8-18(13-16)26-22(30)15-29-12-6-9-19(25(29)31)24-27-23(28-34-24)17-10-11-20(32-2)21(14-17)33-3/h5-14H,4,15H2,1-3H3,(H,26,30). The van der Waals surface area contributed by atoms with E-state index in [-0.39, 0.29) is 23.9 Å². The lowest BCUT2D eigenvalue weighted by molar-refractivity contribution is -0.116. The van der Waals surface area contributed by atoms with Crippen molar-refractivity contribution in [2.45, 2.75) is 19.9 Å². The fraction of sp³-hybridized carbons (Fsp3) is 0.200. The number of anilines is 1. The van der Waals surface area contributed by atoms with Crippen molar-refractivity contribution < 1.29 is 18.8 Å². The minimum Gasteiger partial charge on any atom is -0.493 e. The molecule has 0 atom stereocenters. The lowest BCUT2D eigenvalue weighted by Crippen LogP contribution is -2.28. The summed E-state index contributed by atoms with van der Waals surface area (Å²) in [4.78, 5) is 29.9. The number of aromatic nitrogens is 3. The molecule has 0 radical (unpaired) electrons. The summed E-state index contributed by atoms with van der Waals surface area (Å²) in [6, 6.07) is 16.0. The SMILES string of the molecule is CCc1cccc(NC(=O)Cn2cccc(-c3nc(-c4ccc(OC)c(OC)c4)no3)c2=O)c1. The van der Waals surface area contributed by atoms with E-state index in [1.807, 2.05) is 31.2 Å². The van der Waals surface area contributed by atoms with Gasteiger partial charge < -0.3 is 23.9 Å². The molecule has 0 aliphatic heterocycles. The van der Waals surface area contributed by atoms with E-state index >= 15 is 0 Å². The van der Waals surface area contributed by atoms with Crippen molar-refractivity contribution in [1.82, 2.24) is 14.7 Å². The van der Waals surface area contributed by atoms with Gasteiger partial charge in [0.05, 0.1) is 14.2 Å². The van der Waals surface area contributed by atoms with Gasteiger partial charge in [-0.05, 0) is 54.4 Å². The van der Waals surface area contributed by atoms with Crippen LogP contribution in [0.2, 0.25) is 0 Å². The third kappa shape index (κ3) is 4.83. The summed E-state index contributed by atoms with van der Waals surface area (Å²) in [5.41, 5.74) is 2.21. The molecule has 0 spiro atoms. The van der Waals surface area contributed by atoms with E-state index < -0.39 is 5.56 Å². The fourth-order valence-electron chi connectivity index (χ4n) is 3.47. The number of pyridine rings is 1. The second-order valence-corrected chi connectivity index (χ2v) is 7.45. The van der Waals surface area contributed by atoms with Crippen molar-refractivity contribution in [3.05, 3.63) is 76.7 Å². The Bertz CT molecular complexity index is 1380. The minimum absolute atomic E-state index is 0.0557. The first-order valence-corrected chi connectivity index (χ1v) is 10.7. The first kappa shape index (κ1) is 22.8. The number of ether oxygens (including phenoxy) is 2. The Morgan fingerprint density at radius 2 is 1.88 bits per heavy atom. The van der Waals surface area contributed by atoms with E-state index in [2.05, 4.69) is 15.5 Å². The van der Waals surface area contributed by atoms with Crippen LogP contribution in [0.3, 0.4) is 0 Å². The maximum atomic E-state index is 13.0. The Hall–Kier alpha value is -4.40. The maximum Gasteiger partial charge on any atom is 0.263 e. The molecule has 0 fully saturated rings. The van der Waals surface area contributed by atoms with Crippen LogP contribution in [0.25, 0.3) is 22.8 Å². The van der Waals surface area contributed by atoms with Crippen molar-refractivity contribution in [2.75, 3.05) is 19.5 Å². The van der Waals surface area contributed by atoms with Crippen LogP contribution in [0.15, 0.2) is 70.1 Å².